The molecule has 0 spiro atoms. The lowest BCUT2D eigenvalue weighted by Crippen LogP contribution is -2.42. The van der Waals surface area contributed by atoms with Crippen LogP contribution in [0, 0.1) is 13.8 Å². The lowest BCUT2D eigenvalue weighted by atomic mass is 9.97. The molecule has 0 unspecified atom stereocenters. The number of ether oxygens (including phenoxy) is 2. The summed E-state index contributed by atoms with van der Waals surface area (Å²) in [5, 5.41) is 3.03. The van der Waals surface area contributed by atoms with Gasteiger partial charge in [-0.15, -0.1) is 0 Å². The molecular weight excluding hydrogens is 314 g/mol. The molecular formula is C21H35NO3. The molecule has 0 saturated heterocycles. The van der Waals surface area contributed by atoms with Crippen molar-refractivity contribution in [2.45, 2.75) is 85.9 Å². The molecule has 0 bridgehead atoms. The Balaban J connectivity index is 2.96. The molecule has 1 amide bonds. The van der Waals surface area contributed by atoms with Crippen molar-refractivity contribution in [1.29, 1.82) is 0 Å². The molecule has 0 saturated carbocycles. The van der Waals surface area contributed by atoms with Gasteiger partial charge in [-0.1, -0.05) is 26.7 Å². The molecule has 0 fully saturated rings. The number of hydrogen-bond donors (Lipinski definition) is 1. The van der Waals surface area contributed by atoms with Crippen LogP contribution in [0.25, 0.3) is 0 Å². The van der Waals surface area contributed by atoms with Gasteiger partial charge >= 0.3 is 0 Å². The van der Waals surface area contributed by atoms with Crippen LogP contribution in [0.5, 0.6) is 5.75 Å². The molecule has 0 aliphatic heterocycles. The topological polar surface area (TPSA) is 47.6 Å². The maximum absolute atomic E-state index is 12.8. The summed E-state index contributed by atoms with van der Waals surface area (Å²) in [6, 6.07) is 3.93. The predicted octanol–water partition coefficient (Wildman–Crippen LogP) is 5.40. The molecule has 1 aromatic rings. The first-order valence-electron chi connectivity index (χ1n) is 9.50. The lowest BCUT2D eigenvalue weighted by molar-refractivity contribution is -0.139. The quantitative estimate of drug-likeness (QED) is 0.615. The highest BCUT2D eigenvalue weighted by atomic mass is 16.5. The maximum Gasteiger partial charge on any atom is 0.256 e. The molecule has 2 atom stereocenters. The van der Waals surface area contributed by atoms with Crippen LogP contribution in [-0.4, -0.2) is 24.2 Å². The van der Waals surface area contributed by atoms with Gasteiger partial charge in [0.2, 0.25) is 0 Å². The molecule has 25 heavy (non-hydrogen) atoms. The van der Waals surface area contributed by atoms with Gasteiger partial charge in [-0.3, -0.25) is 4.79 Å². The Labute approximate surface area is 153 Å². The number of anilines is 1. The molecule has 4 heteroatoms. The molecule has 1 N–H and O–H groups in total. The Morgan fingerprint density at radius 2 is 1.80 bits per heavy atom. The van der Waals surface area contributed by atoms with E-state index in [0.717, 1.165) is 48.2 Å². The second-order valence-electron chi connectivity index (χ2n) is 7.00. The summed E-state index contributed by atoms with van der Waals surface area (Å²) in [6.45, 7) is 14.6. The first kappa shape index (κ1) is 21.5. The van der Waals surface area contributed by atoms with Gasteiger partial charge in [0.05, 0.1) is 6.10 Å². The van der Waals surface area contributed by atoms with Crippen LogP contribution in [0.1, 0.15) is 71.4 Å². The molecule has 0 aliphatic rings. The fourth-order valence-electron chi connectivity index (χ4n) is 2.84. The van der Waals surface area contributed by atoms with Crippen molar-refractivity contribution < 1.29 is 14.3 Å². The van der Waals surface area contributed by atoms with Crippen molar-refractivity contribution in [3.05, 3.63) is 23.3 Å². The van der Waals surface area contributed by atoms with E-state index in [9.17, 15) is 4.79 Å². The lowest BCUT2D eigenvalue weighted by Gasteiger charge is -2.28. The average Bonchev–Trinajstić information content (AvgIpc) is 2.56. The van der Waals surface area contributed by atoms with Crippen LogP contribution >= 0.6 is 0 Å². The number of rotatable bonds is 10. The third-order valence-electron chi connectivity index (χ3n) is 4.56. The van der Waals surface area contributed by atoms with Crippen molar-refractivity contribution in [3.63, 3.8) is 0 Å². The molecule has 0 heterocycles. The molecule has 0 radical (unpaired) electrons. The summed E-state index contributed by atoms with van der Waals surface area (Å²) in [6.07, 6.45) is 3.85. The summed E-state index contributed by atoms with van der Waals surface area (Å²) in [4.78, 5) is 12.8. The van der Waals surface area contributed by atoms with Gasteiger partial charge in [0.15, 0.2) is 0 Å². The fourth-order valence-corrected chi connectivity index (χ4v) is 2.84. The van der Waals surface area contributed by atoms with E-state index in [1.165, 1.54) is 0 Å². The van der Waals surface area contributed by atoms with E-state index in [2.05, 4.69) is 26.1 Å². The normalized spacial score (nSPS) is 14.7. The van der Waals surface area contributed by atoms with Crippen molar-refractivity contribution in [3.8, 4) is 5.75 Å². The van der Waals surface area contributed by atoms with E-state index in [4.69, 9.17) is 9.47 Å². The molecule has 0 aromatic heterocycles. The zero-order valence-corrected chi connectivity index (χ0v) is 17.0. The van der Waals surface area contributed by atoms with Crippen LogP contribution in [0.2, 0.25) is 0 Å². The van der Waals surface area contributed by atoms with Gasteiger partial charge in [0.1, 0.15) is 11.4 Å². The molecule has 0 aliphatic carbocycles. The van der Waals surface area contributed by atoms with Crippen LogP contribution in [0.3, 0.4) is 0 Å². The Kier molecular flexibility index (Phi) is 8.43. The van der Waals surface area contributed by atoms with Crippen molar-refractivity contribution in [2.24, 2.45) is 0 Å². The molecule has 1 rings (SSSR count). The average molecular weight is 350 g/mol. The SMILES string of the molecule is CCCC[C@](C)(OCC)C(=O)Nc1cc(C)c(O[C@H](C)CC)c(C)c1. The number of carbonyl (C=O) groups is 1. The number of aryl methyl sites for hydroxylation is 2. The second kappa shape index (κ2) is 9.81. The van der Waals surface area contributed by atoms with E-state index >= 15 is 0 Å². The third kappa shape index (κ3) is 6.03. The van der Waals surface area contributed by atoms with Gasteiger partial charge in [-0.25, -0.2) is 0 Å². The van der Waals surface area contributed by atoms with E-state index in [-0.39, 0.29) is 12.0 Å². The van der Waals surface area contributed by atoms with Crippen molar-refractivity contribution >= 4 is 11.6 Å². The number of benzene rings is 1. The highest BCUT2D eigenvalue weighted by molar-refractivity contribution is 5.97. The van der Waals surface area contributed by atoms with Crippen molar-refractivity contribution in [1.82, 2.24) is 0 Å². The van der Waals surface area contributed by atoms with Gasteiger partial charge in [-0.05, 0) is 70.7 Å². The summed E-state index contributed by atoms with van der Waals surface area (Å²) in [5.41, 5.74) is 2.06. The minimum atomic E-state index is -0.793. The molecule has 4 nitrogen and oxygen atoms in total. The molecule has 1 aromatic carbocycles. The number of amides is 1. The van der Waals surface area contributed by atoms with Gasteiger partial charge in [0, 0.05) is 12.3 Å². The van der Waals surface area contributed by atoms with E-state index in [0.29, 0.717) is 6.61 Å². The van der Waals surface area contributed by atoms with Gasteiger partial charge < -0.3 is 14.8 Å². The maximum atomic E-state index is 12.8. The number of unbranched alkanes of at least 4 members (excludes halogenated alkanes) is 1. The zero-order valence-electron chi connectivity index (χ0n) is 17.0. The minimum Gasteiger partial charge on any atom is -0.490 e. The first-order valence-corrected chi connectivity index (χ1v) is 9.50. The highest BCUT2D eigenvalue weighted by Gasteiger charge is 2.33. The Hall–Kier alpha value is -1.55. The number of carbonyl (C=O) groups excluding carboxylic acids is 1. The van der Waals surface area contributed by atoms with E-state index < -0.39 is 5.60 Å². The monoisotopic (exact) mass is 349 g/mol. The summed E-state index contributed by atoms with van der Waals surface area (Å²) < 4.78 is 11.8. The Bertz CT molecular complexity index is 547. The Morgan fingerprint density at radius 1 is 1.20 bits per heavy atom. The van der Waals surface area contributed by atoms with Gasteiger partial charge in [0.25, 0.3) is 5.91 Å². The van der Waals surface area contributed by atoms with Crippen LogP contribution < -0.4 is 10.1 Å². The summed E-state index contributed by atoms with van der Waals surface area (Å²) in [7, 11) is 0. The van der Waals surface area contributed by atoms with Crippen LogP contribution in [0.15, 0.2) is 12.1 Å². The smallest absolute Gasteiger partial charge is 0.256 e. The molecule has 142 valence electrons. The van der Waals surface area contributed by atoms with Gasteiger partial charge in [-0.2, -0.15) is 0 Å². The first-order chi connectivity index (χ1) is 11.8. The minimum absolute atomic E-state index is 0.0859. The zero-order chi connectivity index (χ0) is 19.0. The second-order valence-corrected chi connectivity index (χ2v) is 7.00. The van der Waals surface area contributed by atoms with Crippen molar-refractivity contribution in [2.75, 3.05) is 11.9 Å². The summed E-state index contributed by atoms with van der Waals surface area (Å²) in [5.74, 6) is 0.822. The number of hydrogen-bond acceptors (Lipinski definition) is 3. The summed E-state index contributed by atoms with van der Waals surface area (Å²) >= 11 is 0. The van der Waals surface area contributed by atoms with E-state index in [1.54, 1.807) is 0 Å². The largest absolute Gasteiger partial charge is 0.490 e. The van der Waals surface area contributed by atoms with Crippen LogP contribution in [-0.2, 0) is 9.53 Å². The highest BCUT2D eigenvalue weighted by Crippen LogP contribution is 2.29. The fraction of sp³-hybridized carbons (Fsp3) is 0.667. The van der Waals surface area contributed by atoms with E-state index in [1.807, 2.05) is 39.8 Å². The third-order valence-corrected chi connectivity index (χ3v) is 4.56. The predicted molar refractivity (Wildman–Crippen MR) is 104 cm³/mol. The van der Waals surface area contributed by atoms with Crippen LogP contribution in [0.4, 0.5) is 5.69 Å². The standard InChI is InChI=1S/C21H35NO3/c1-8-11-12-21(7,24-10-3)20(23)22-18-13-15(4)19(16(5)14-18)25-17(6)9-2/h13-14,17H,8-12H2,1-7H3,(H,22,23)/t17-,21+/m1/s1. The Morgan fingerprint density at radius 3 is 2.28 bits per heavy atom. The number of nitrogens with one attached hydrogen (secondary N) is 1.